The normalized spacial score (nSPS) is 40.8. The van der Waals surface area contributed by atoms with Gasteiger partial charge in [0.25, 0.3) is 0 Å². The second-order valence-electron chi connectivity index (χ2n) is 7.34. The zero-order valence-electron chi connectivity index (χ0n) is 13.1. The van der Waals surface area contributed by atoms with Gasteiger partial charge in [-0.25, -0.2) is 0 Å². The van der Waals surface area contributed by atoms with Gasteiger partial charge in [0.1, 0.15) is 0 Å². The Kier molecular flexibility index (Phi) is 5.78. The van der Waals surface area contributed by atoms with E-state index in [0.717, 1.165) is 6.04 Å². The minimum atomic E-state index is 0.506. The van der Waals surface area contributed by atoms with E-state index >= 15 is 0 Å². The summed E-state index contributed by atoms with van der Waals surface area (Å²) in [6.45, 7) is 0. The van der Waals surface area contributed by atoms with E-state index in [1.165, 1.54) is 89.9 Å². The van der Waals surface area contributed by atoms with Gasteiger partial charge in [-0.15, -0.1) is 0 Å². The number of ether oxygens (including phenoxy) is 1. The van der Waals surface area contributed by atoms with Gasteiger partial charge in [-0.3, -0.25) is 0 Å². The summed E-state index contributed by atoms with van der Waals surface area (Å²) >= 11 is 0. The van der Waals surface area contributed by atoms with Gasteiger partial charge < -0.3 is 10.1 Å². The highest BCUT2D eigenvalue weighted by molar-refractivity contribution is 4.88. The average Bonchev–Trinajstić information content (AvgIpc) is 2.58. The molecule has 3 aliphatic rings. The van der Waals surface area contributed by atoms with E-state index < -0.39 is 0 Å². The zero-order chi connectivity index (χ0) is 13.6. The van der Waals surface area contributed by atoms with Crippen molar-refractivity contribution in [2.75, 3.05) is 0 Å². The average molecular weight is 279 g/mol. The lowest BCUT2D eigenvalue weighted by Gasteiger charge is -2.30. The first-order valence-electron chi connectivity index (χ1n) is 9.33. The summed E-state index contributed by atoms with van der Waals surface area (Å²) in [6.07, 6.45) is 20.4. The summed E-state index contributed by atoms with van der Waals surface area (Å²) in [6, 6.07) is 1.37. The molecule has 1 N–H and O–H groups in total. The molecule has 2 aliphatic carbocycles. The summed E-state index contributed by atoms with van der Waals surface area (Å²) in [4.78, 5) is 0. The molecule has 3 rings (SSSR count). The Morgan fingerprint density at radius 3 is 2.15 bits per heavy atom. The van der Waals surface area contributed by atoms with Crippen molar-refractivity contribution in [2.24, 2.45) is 0 Å². The highest BCUT2D eigenvalue weighted by atomic mass is 16.5. The molecular formula is C18H33NO. The van der Waals surface area contributed by atoms with Crippen LogP contribution in [0.2, 0.25) is 0 Å². The van der Waals surface area contributed by atoms with Gasteiger partial charge in [0.2, 0.25) is 0 Å². The van der Waals surface area contributed by atoms with E-state index in [2.05, 4.69) is 5.32 Å². The first-order chi connectivity index (χ1) is 9.92. The summed E-state index contributed by atoms with van der Waals surface area (Å²) in [5, 5.41) is 4.01. The van der Waals surface area contributed by atoms with Crippen molar-refractivity contribution in [1.82, 2.24) is 5.32 Å². The summed E-state index contributed by atoms with van der Waals surface area (Å²) in [5.74, 6) is 0. The van der Waals surface area contributed by atoms with Crippen molar-refractivity contribution >= 4 is 0 Å². The third kappa shape index (κ3) is 4.21. The smallest absolute Gasteiger partial charge is 0.0731 e. The van der Waals surface area contributed by atoms with Crippen LogP contribution < -0.4 is 5.32 Å². The monoisotopic (exact) mass is 279 g/mol. The van der Waals surface area contributed by atoms with Crippen molar-refractivity contribution in [2.45, 2.75) is 114 Å². The van der Waals surface area contributed by atoms with Crippen LogP contribution >= 0.6 is 0 Å². The van der Waals surface area contributed by atoms with E-state index in [1.807, 2.05) is 0 Å². The van der Waals surface area contributed by atoms with Crippen molar-refractivity contribution in [3.05, 3.63) is 0 Å². The van der Waals surface area contributed by atoms with Crippen LogP contribution in [0.25, 0.3) is 0 Å². The summed E-state index contributed by atoms with van der Waals surface area (Å²) < 4.78 is 6.59. The summed E-state index contributed by atoms with van der Waals surface area (Å²) in [5.41, 5.74) is 0. The Morgan fingerprint density at radius 1 is 0.650 bits per heavy atom. The van der Waals surface area contributed by atoms with E-state index in [4.69, 9.17) is 4.74 Å². The van der Waals surface area contributed by atoms with Crippen molar-refractivity contribution < 1.29 is 4.74 Å². The molecule has 3 fully saturated rings. The molecule has 116 valence electrons. The molecule has 0 amide bonds. The maximum atomic E-state index is 6.59. The van der Waals surface area contributed by atoms with Gasteiger partial charge in [-0.1, -0.05) is 57.8 Å². The molecule has 0 aromatic rings. The maximum Gasteiger partial charge on any atom is 0.0731 e. The Morgan fingerprint density at radius 2 is 1.30 bits per heavy atom. The number of hydrogen-bond acceptors (Lipinski definition) is 2. The molecule has 20 heavy (non-hydrogen) atoms. The fourth-order valence-corrected chi connectivity index (χ4v) is 4.47. The lowest BCUT2D eigenvalue weighted by Crippen LogP contribution is -2.44. The van der Waals surface area contributed by atoms with Gasteiger partial charge in [-0.2, -0.15) is 0 Å². The summed E-state index contributed by atoms with van der Waals surface area (Å²) in [7, 11) is 0. The van der Waals surface area contributed by atoms with Crippen LogP contribution in [0.1, 0.15) is 89.9 Å². The third-order valence-electron chi connectivity index (χ3n) is 5.65. The minimum Gasteiger partial charge on any atom is -0.373 e. The van der Waals surface area contributed by atoms with Crippen LogP contribution in [0.4, 0.5) is 0 Å². The minimum absolute atomic E-state index is 0.506. The molecular weight excluding hydrogens is 246 g/mol. The predicted molar refractivity (Wildman–Crippen MR) is 84.0 cm³/mol. The van der Waals surface area contributed by atoms with Crippen molar-refractivity contribution in [3.8, 4) is 0 Å². The van der Waals surface area contributed by atoms with E-state index in [9.17, 15) is 0 Å². The highest BCUT2D eigenvalue weighted by Crippen LogP contribution is 2.29. The van der Waals surface area contributed by atoms with E-state index in [1.54, 1.807) is 0 Å². The van der Waals surface area contributed by atoms with E-state index in [-0.39, 0.29) is 0 Å². The number of nitrogens with one attached hydrogen (secondary N) is 1. The zero-order valence-corrected chi connectivity index (χ0v) is 13.1. The molecule has 0 spiro atoms. The highest BCUT2D eigenvalue weighted by Gasteiger charge is 2.32. The van der Waals surface area contributed by atoms with Gasteiger partial charge >= 0.3 is 0 Å². The second-order valence-corrected chi connectivity index (χ2v) is 7.34. The molecule has 2 saturated carbocycles. The van der Waals surface area contributed by atoms with Crippen LogP contribution in [0, 0.1) is 0 Å². The van der Waals surface area contributed by atoms with Gasteiger partial charge in [0, 0.05) is 12.1 Å². The SMILES string of the molecule is C1CCCC2CC(CCC1)OC1CCCCCCC1N2. The molecule has 4 unspecified atom stereocenters. The molecule has 1 saturated heterocycles. The number of hydrogen-bond donors (Lipinski definition) is 1. The largest absolute Gasteiger partial charge is 0.373 e. The van der Waals surface area contributed by atoms with Crippen molar-refractivity contribution in [3.63, 3.8) is 0 Å². The van der Waals surface area contributed by atoms with Gasteiger partial charge in [-0.05, 0) is 32.1 Å². The lowest BCUT2D eigenvalue weighted by molar-refractivity contribution is -0.0320. The molecule has 0 aromatic carbocycles. The maximum absolute atomic E-state index is 6.59. The third-order valence-corrected chi connectivity index (χ3v) is 5.65. The molecule has 4 atom stereocenters. The van der Waals surface area contributed by atoms with Crippen LogP contribution in [-0.2, 0) is 4.74 Å². The van der Waals surface area contributed by atoms with Crippen LogP contribution in [-0.4, -0.2) is 24.3 Å². The molecule has 0 radical (unpaired) electrons. The molecule has 2 bridgehead atoms. The fourth-order valence-electron chi connectivity index (χ4n) is 4.47. The fraction of sp³-hybridized carbons (Fsp3) is 1.00. The first kappa shape index (κ1) is 14.8. The number of fused-ring (bicyclic) bond motifs is 3. The van der Waals surface area contributed by atoms with Crippen molar-refractivity contribution in [1.29, 1.82) is 0 Å². The quantitative estimate of drug-likeness (QED) is 0.701. The topological polar surface area (TPSA) is 21.3 Å². The molecule has 2 heteroatoms. The number of rotatable bonds is 0. The Balaban J connectivity index is 1.67. The van der Waals surface area contributed by atoms with Crippen LogP contribution in [0.3, 0.4) is 0 Å². The van der Waals surface area contributed by atoms with Gasteiger partial charge in [0.05, 0.1) is 12.2 Å². The molecule has 2 nitrogen and oxygen atoms in total. The lowest BCUT2D eigenvalue weighted by atomic mass is 9.93. The Hall–Kier alpha value is -0.0800. The Bertz CT molecular complexity index is 255. The van der Waals surface area contributed by atoms with Crippen LogP contribution in [0.5, 0.6) is 0 Å². The first-order valence-corrected chi connectivity index (χ1v) is 9.33. The van der Waals surface area contributed by atoms with E-state index in [0.29, 0.717) is 18.2 Å². The Labute approximate surface area is 125 Å². The van der Waals surface area contributed by atoms with Crippen LogP contribution in [0.15, 0.2) is 0 Å². The molecule has 1 aliphatic heterocycles. The standard InChI is InChI=1S/C18H33NO/c1-2-6-10-15-14-16(11-7-3-1)20-18-13-9-5-4-8-12-17(18)19-15/h15-19H,1-14H2. The van der Waals surface area contributed by atoms with Gasteiger partial charge in [0.15, 0.2) is 0 Å². The predicted octanol–water partition coefficient (Wildman–Crippen LogP) is 4.57. The molecule has 0 aromatic heterocycles. The molecule has 1 heterocycles. The second kappa shape index (κ2) is 7.79.